The number of carbonyl (C=O) groups is 2. The third kappa shape index (κ3) is 22.4. The molecule has 0 spiro atoms. The Bertz CT molecular complexity index is 2250. The lowest BCUT2D eigenvalue weighted by atomic mass is 9.96. The molecule has 0 bridgehead atoms. The maximum atomic E-state index is 14.5. The van der Waals surface area contributed by atoms with Gasteiger partial charge in [0.15, 0.2) is 12.4 Å². The molecule has 0 saturated carbocycles. The third-order valence-corrected chi connectivity index (χ3v) is 13.7. The van der Waals surface area contributed by atoms with Crippen LogP contribution in [0.1, 0.15) is 138 Å². The van der Waals surface area contributed by atoms with Crippen molar-refractivity contribution in [2.75, 3.05) is 20.3 Å². The van der Waals surface area contributed by atoms with Crippen molar-refractivity contribution in [3.8, 4) is 5.75 Å². The lowest BCUT2D eigenvalue weighted by Crippen LogP contribution is -2.63. The van der Waals surface area contributed by atoms with Crippen LogP contribution in [0.15, 0.2) is 146 Å². The highest BCUT2D eigenvalue weighted by Crippen LogP contribution is 2.33. The van der Waals surface area contributed by atoms with Crippen LogP contribution in [0, 0.1) is 5.92 Å². The first-order valence-electron chi connectivity index (χ1n) is 27.7. The predicted molar refractivity (Wildman–Crippen MR) is 293 cm³/mol. The van der Waals surface area contributed by atoms with Gasteiger partial charge in [0.1, 0.15) is 43.4 Å². The van der Waals surface area contributed by atoms with Crippen LogP contribution < -0.4 is 4.74 Å². The molecule has 5 aromatic rings. The van der Waals surface area contributed by atoms with Gasteiger partial charge in [-0.05, 0) is 52.3 Å². The van der Waals surface area contributed by atoms with E-state index in [1.54, 1.807) is 7.11 Å². The van der Waals surface area contributed by atoms with Crippen molar-refractivity contribution in [3.63, 3.8) is 0 Å². The Morgan fingerprint density at radius 1 is 0.480 bits per heavy atom. The molecule has 75 heavy (non-hydrogen) atoms. The summed E-state index contributed by atoms with van der Waals surface area (Å²) in [6.07, 6.45) is 11.6. The minimum Gasteiger partial charge on any atom is -0.497 e. The molecule has 7 atom stereocenters. The van der Waals surface area contributed by atoms with Gasteiger partial charge in [-0.3, -0.25) is 4.79 Å². The molecule has 0 aromatic heterocycles. The molecule has 406 valence electrons. The van der Waals surface area contributed by atoms with Crippen molar-refractivity contribution in [2.45, 2.75) is 180 Å². The van der Waals surface area contributed by atoms with Gasteiger partial charge in [0, 0.05) is 6.42 Å². The van der Waals surface area contributed by atoms with E-state index in [0.29, 0.717) is 6.42 Å². The summed E-state index contributed by atoms with van der Waals surface area (Å²) in [6, 6.07) is 46.4. The summed E-state index contributed by atoms with van der Waals surface area (Å²) in [4.78, 5) is 27.8. The Balaban J connectivity index is 1.14. The van der Waals surface area contributed by atoms with Crippen LogP contribution in [0.3, 0.4) is 0 Å². The number of hydrogen-bond acceptors (Lipinski definition) is 11. The zero-order valence-electron chi connectivity index (χ0n) is 44.9. The summed E-state index contributed by atoms with van der Waals surface area (Å²) in [6.45, 7) is 5.28. The fraction of sp³-hybridized carbons (Fsp3) is 0.500. The van der Waals surface area contributed by atoms with E-state index in [0.717, 1.165) is 58.7 Å². The Labute approximate surface area is 447 Å². The Hall–Kier alpha value is -5.40. The van der Waals surface area contributed by atoms with Crippen molar-refractivity contribution in [1.82, 2.24) is 0 Å². The van der Waals surface area contributed by atoms with E-state index in [1.165, 1.54) is 70.6 Å². The minimum atomic E-state index is -1.30. The maximum Gasteiger partial charge on any atom is 0.338 e. The summed E-state index contributed by atoms with van der Waals surface area (Å²) >= 11 is 0. The fourth-order valence-corrected chi connectivity index (χ4v) is 9.22. The summed E-state index contributed by atoms with van der Waals surface area (Å²) in [7, 11) is 1.62. The third-order valence-electron chi connectivity index (χ3n) is 13.7. The topological polar surface area (TPSA) is 117 Å². The SMILES string of the molecule is CCCCCCCC[C@@H](C)CCCCCCCCC(=O)OC[C@H](CO[C@H]1O[C@H](C(=O)OCc2ccccc2)[C@@H](OCc2ccccc2)[C@H](OCc2ccccc2)[C@H]1OCc1ccccc1)OCc1ccc(OC)cc1. The van der Waals surface area contributed by atoms with Gasteiger partial charge in [0.2, 0.25) is 0 Å². The highest BCUT2D eigenvalue weighted by atomic mass is 16.7. The molecule has 11 nitrogen and oxygen atoms in total. The second kappa shape index (κ2) is 35.0. The smallest absolute Gasteiger partial charge is 0.338 e. The second-order valence-electron chi connectivity index (χ2n) is 19.9. The standard InChI is InChI=1S/C64H84O11/c1-4-5-6-7-10-17-28-50(2)29-18-11-8-9-12-27-38-58(65)69-48-57(68-43-55-39-41-56(67-3)42-40-55)49-74-64-62(72-46-53-34-23-15-24-35-53)60(71-45-52-32-21-14-22-33-52)59(70-44-51-30-19-13-20-31-51)61(75-64)63(66)73-47-54-36-25-16-26-37-54/h13-16,19-26,30-37,39-42,50,57,59-62,64H,4-12,17-18,27-29,38,43-49H2,1-3H3/t50-,57-,59+,60+,61+,62-,64+/m1/s1. The molecule has 1 saturated heterocycles. The van der Waals surface area contributed by atoms with Gasteiger partial charge in [0.05, 0.1) is 40.1 Å². The quantitative estimate of drug-likeness (QED) is 0.0279. The Morgan fingerprint density at radius 2 is 0.947 bits per heavy atom. The summed E-state index contributed by atoms with van der Waals surface area (Å²) in [5, 5.41) is 0. The molecule has 0 radical (unpaired) electrons. The zero-order chi connectivity index (χ0) is 52.6. The number of esters is 2. The maximum absolute atomic E-state index is 14.5. The summed E-state index contributed by atoms with van der Waals surface area (Å²) in [5.74, 6) is 0.589. The molecule has 1 heterocycles. The average molecular weight is 1030 g/mol. The summed E-state index contributed by atoms with van der Waals surface area (Å²) in [5.41, 5.74) is 4.45. The van der Waals surface area contributed by atoms with Gasteiger partial charge in [-0.2, -0.15) is 0 Å². The van der Waals surface area contributed by atoms with Gasteiger partial charge in [-0.15, -0.1) is 0 Å². The van der Waals surface area contributed by atoms with E-state index in [9.17, 15) is 9.59 Å². The van der Waals surface area contributed by atoms with E-state index < -0.39 is 42.8 Å². The first-order chi connectivity index (χ1) is 36.9. The van der Waals surface area contributed by atoms with Crippen LogP contribution in [0.25, 0.3) is 0 Å². The highest BCUT2D eigenvalue weighted by Gasteiger charge is 2.52. The van der Waals surface area contributed by atoms with Gasteiger partial charge in [-0.25, -0.2) is 4.79 Å². The molecule has 1 aliphatic rings. The van der Waals surface area contributed by atoms with Crippen LogP contribution in [-0.2, 0) is 80.5 Å². The van der Waals surface area contributed by atoms with Crippen molar-refractivity contribution < 1.29 is 52.2 Å². The van der Waals surface area contributed by atoms with Crippen LogP contribution in [0.2, 0.25) is 0 Å². The number of hydrogen-bond donors (Lipinski definition) is 0. The van der Waals surface area contributed by atoms with E-state index in [4.69, 9.17) is 42.6 Å². The Morgan fingerprint density at radius 3 is 1.48 bits per heavy atom. The Kier molecular flexibility index (Phi) is 27.5. The van der Waals surface area contributed by atoms with E-state index in [-0.39, 0.29) is 52.2 Å². The molecule has 0 N–H and O–H groups in total. The molecular weight excluding hydrogens is 945 g/mol. The minimum absolute atomic E-state index is 0.0192. The molecule has 11 heteroatoms. The van der Waals surface area contributed by atoms with Gasteiger partial charge in [0.25, 0.3) is 0 Å². The summed E-state index contributed by atoms with van der Waals surface area (Å²) < 4.78 is 57.5. The van der Waals surface area contributed by atoms with E-state index in [1.807, 2.05) is 146 Å². The highest BCUT2D eigenvalue weighted by molar-refractivity contribution is 5.76. The number of methoxy groups -OCH3 is 1. The molecule has 0 aliphatic carbocycles. The van der Waals surface area contributed by atoms with Crippen molar-refractivity contribution in [1.29, 1.82) is 0 Å². The van der Waals surface area contributed by atoms with E-state index in [2.05, 4.69) is 13.8 Å². The normalized spacial score (nSPS) is 18.3. The molecule has 1 aliphatic heterocycles. The van der Waals surface area contributed by atoms with Gasteiger partial charge in [-0.1, -0.05) is 231 Å². The average Bonchev–Trinajstić information content (AvgIpc) is 3.45. The van der Waals surface area contributed by atoms with Crippen molar-refractivity contribution >= 4 is 11.9 Å². The number of ether oxygens (including phenoxy) is 9. The second-order valence-corrected chi connectivity index (χ2v) is 19.9. The first kappa shape index (κ1) is 58.9. The molecule has 0 unspecified atom stereocenters. The molecule has 6 rings (SSSR count). The van der Waals surface area contributed by atoms with Gasteiger partial charge < -0.3 is 42.6 Å². The molecular formula is C64H84O11. The monoisotopic (exact) mass is 1030 g/mol. The molecule has 1 fully saturated rings. The zero-order valence-corrected chi connectivity index (χ0v) is 44.9. The number of carbonyl (C=O) groups excluding carboxylic acids is 2. The van der Waals surface area contributed by atoms with Crippen molar-refractivity contribution in [2.24, 2.45) is 5.92 Å². The van der Waals surface area contributed by atoms with Gasteiger partial charge >= 0.3 is 11.9 Å². The lowest BCUT2D eigenvalue weighted by Gasteiger charge is -2.45. The largest absolute Gasteiger partial charge is 0.497 e. The predicted octanol–water partition coefficient (Wildman–Crippen LogP) is 13.9. The molecule has 0 amide bonds. The lowest BCUT2D eigenvalue weighted by molar-refractivity contribution is -0.324. The number of rotatable bonds is 37. The van der Waals surface area contributed by atoms with Crippen LogP contribution in [0.4, 0.5) is 0 Å². The van der Waals surface area contributed by atoms with Crippen LogP contribution >= 0.6 is 0 Å². The fourth-order valence-electron chi connectivity index (χ4n) is 9.22. The van der Waals surface area contributed by atoms with Crippen LogP contribution in [0.5, 0.6) is 5.75 Å². The molecule has 5 aromatic carbocycles. The van der Waals surface area contributed by atoms with Crippen molar-refractivity contribution in [3.05, 3.63) is 173 Å². The van der Waals surface area contributed by atoms with Crippen LogP contribution in [-0.4, -0.2) is 69.1 Å². The number of benzene rings is 5. The number of unbranched alkanes of at least 4 members (excludes halogenated alkanes) is 10. The van der Waals surface area contributed by atoms with E-state index >= 15 is 0 Å². The first-order valence-corrected chi connectivity index (χ1v) is 27.7.